The summed E-state index contributed by atoms with van der Waals surface area (Å²) in [6.07, 6.45) is 1.20. The minimum atomic E-state index is -1.71. The fourth-order valence-electron chi connectivity index (χ4n) is 2.84. The van der Waals surface area contributed by atoms with Crippen LogP contribution in [-0.2, 0) is 9.53 Å². The minimum Gasteiger partial charge on any atom is -0.477 e. The van der Waals surface area contributed by atoms with Crippen LogP contribution >= 0.6 is 15.9 Å². The quantitative estimate of drug-likeness (QED) is 0.543. The molecule has 1 aliphatic carbocycles. The van der Waals surface area contributed by atoms with Gasteiger partial charge in [0, 0.05) is 22.6 Å². The van der Waals surface area contributed by atoms with Crippen molar-refractivity contribution in [3.8, 4) is 0 Å². The highest BCUT2D eigenvalue weighted by molar-refractivity contribution is 9.10. The van der Waals surface area contributed by atoms with Crippen LogP contribution in [0.5, 0.6) is 0 Å². The summed E-state index contributed by atoms with van der Waals surface area (Å²) in [4.78, 5) is 23.5. The van der Waals surface area contributed by atoms with Gasteiger partial charge in [0.05, 0.1) is 0 Å². The number of halogens is 3. The van der Waals surface area contributed by atoms with Crippen LogP contribution < -0.4 is 0 Å². The Morgan fingerprint density at radius 1 is 1.27 bits per heavy atom. The zero-order chi connectivity index (χ0) is 19.6. The summed E-state index contributed by atoms with van der Waals surface area (Å²) in [5, 5.41) is 9.07. The van der Waals surface area contributed by atoms with Crippen molar-refractivity contribution in [2.45, 2.75) is 20.0 Å². The Kier molecular flexibility index (Phi) is 5.93. The summed E-state index contributed by atoms with van der Waals surface area (Å²) in [5.41, 5.74) is -2.02. The van der Waals surface area contributed by atoms with Crippen molar-refractivity contribution < 1.29 is 28.2 Å². The van der Waals surface area contributed by atoms with Gasteiger partial charge in [0.15, 0.2) is 5.78 Å². The molecular formula is C19H17BrF2O4. The van der Waals surface area contributed by atoms with E-state index < -0.39 is 34.7 Å². The van der Waals surface area contributed by atoms with E-state index in [1.165, 1.54) is 33.1 Å². The summed E-state index contributed by atoms with van der Waals surface area (Å²) in [7, 11) is 1.20. The summed E-state index contributed by atoms with van der Waals surface area (Å²) >= 11 is 3.27. The van der Waals surface area contributed by atoms with E-state index >= 15 is 0 Å². The molecule has 0 spiro atoms. The molecule has 4 nitrogen and oxygen atoms in total. The number of allylic oxidation sites excluding steroid dienone is 1. The van der Waals surface area contributed by atoms with Crippen molar-refractivity contribution in [2.24, 2.45) is 5.41 Å². The van der Waals surface area contributed by atoms with Crippen LogP contribution in [0.25, 0.3) is 0 Å². The molecule has 0 heterocycles. The normalized spacial score (nSPS) is 23.7. The molecule has 1 aromatic carbocycles. The van der Waals surface area contributed by atoms with Gasteiger partial charge in [-0.2, -0.15) is 0 Å². The van der Waals surface area contributed by atoms with E-state index in [-0.39, 0.29) is 11.4 Å². The molecule has 0 aromatic heterocycles. The number of carbonyl (C=O) groups is 2. The van der Waals surface area contributed by atoms with Crippen molar-refractivity contribution in [2.75, 3.05) is 7.11 Å². The molecule has 0 bridgehead atoms. The van der Waals surface area contributed by atoms with E-state index in [0.29, 0.717) is 5.56 Å². The van der Waals surface area contributed by atoms with E-state index in [0.717, 1.165) is 4.47 Å². The first-order valence-corrected chi connectivity index (χ1v) is 8.45. The standard InChI is InChI=1S/C19H17BrF2O4/c1-10-15(21)14(18(24)25)16(22)17(26-3)19(10,2)9-8-13(23)11-4-6-12(20)7-5-11/h4-9,17H,1-3H3,(H,24,25). The Morgan fingerprint density at radius 3 is 2.35 bits per heavy atom. The van der Waals surface area contributed by atoms with E-state index in [4.69, 9.17) is 9.84 Å². The average molecular weight is 427 g/mol. The topological polar surface area (TPSA) is 63.6 Å². The first-order chi connectivity index (χ1) is 12.1. The van der Waals surface area contributed by atoms with Gasteiger partial charge in [-0.15, -0.1) is 0 Å². The van der Waals surface area contributed by atoms with Gasteiger partial charge in [-0.1, -0.05) is 22.0 Å². The molecule has 2 atom stereocenters. The second kappa shape index (κ2) is 7.63. The third kappa shape index (κ3) is 3.54. The Hall–Kier alpha value is -2.12. The van der Waals surface area contributed by atoms with Crippen molar-refractivity contribution in [1.29, 1.82) is 0 Å². The molecule has 0 radical (unpaired) electrons. The second-order valence-corrected chi connectivity index (χ2v) is 6.99. The van der Waals surface area contributed by atoms with Gasteiger partial charge in [0.1, 0.15) is 23.3 Å². The first kappa shape index (κ1) is 20.2. The minimum absolute atomic E-state index is 0.0250. The van der Waals surface area contributed by atoms with Crippen LogP contribution in [0.1, 0.15) is 24.2 Å². The number of rotatable bonds is 5. The summed E-state index contributed by atoms with van der Waals surface area (Å²) in [6.45, 7) is 2.84. The third-order valence-electron chi connectivity index (χ3n) is 4.53. The van der Waals surface area contributed by atoms with Gasteiger partial charge >= 0.3 is 5.97 Å². The fourth-order valence-corrected chi connectivity index (χ4v) is 3.10. The van der Waals surface area contributed by atoms with Gasteiger partial charge in [0.2, 0.25) is 0 Å². The molecule has 1 N–H and O–H groups in total. The zero-order valence-corrected chi connectivity index (χ0v) is 15.9. The maximum absolute atomic E-state index is 14.6. The van der Waals surface area contributed by atoms with Gasteiger partial charge in [0.25, 0.3) is 0 Å². The number of carboxylic acid groups (broad SMARTS) is 1. The third-order valence-corrected chi connectivity index (χ3v) is 5.06. The van der Waals surface area contributed by atoms with E-state index in [9.17, 15) is 18.4 Å². The van der Waals surface area contributed by atoms with Gasteiger partial charge in [-0.25, -0.2) is 13.6 Å². The second-order valence-electron chi connectivity index (χ2n) is 6.07. The Balaban J connectivity index is 2.45. The lowest BCUT2D eigenvalue weighted by molar-refractivity contribution is -0.133. The summed E-state index contributed by atoms with van der Waals surface area (Å²) in [6, 6.07) is 6.63. The first-order valence-electron chi connectivity index (χ1n) is 7.65. The Bertz CT molecular complexity index is 840. The number of aliphatic carboxylic acids is 1. The summed E-state index contributed by atoms with van der Waals surface area (Å²) in [5.74, 6) is -4.44. The average Bonchev–Trinajstić information content (AvgIpc) is 2.59. The molecule has 7 heteroatoms. The lowest BCUT2D eigenvalue weighted by atomic mass is 9.71. The number of ketones is 1. The summed E-state index contributed by atoms with van der Waals surface area (Å²) < 4.78 is 34.9. The van der Waals surface area contributed by atoms with E-state index in [1.807, 2.05) is 0 Å². The molecule has 138 valence electrons. The van der Waals surface area contributed by atoms with Crippen LogP contribution in [0.4, 0.5) is 8.78 Å². The molecule has 0 fully saturated rings. The van der Waals surface area contributed by atoms with E-state index in [1.54, 1.807) is 24.3 Å². The van der Waals surface area contributed by atoms with Crippen LogP contribution in [0.15, 0.2) is 63.7 Å². The predicted octanol–water partition coefficient (Wildman–Crippen LogP) is 4.77. The lowest BCUT2D eigenvalue weighted by Crippen LogP contribution is -2.39. The SMILES string of the molecule is COC1C(F)=C(C(=O)O)C(F)=C(C)C1(C)C=CC(=O)c1ccc(Br)cc1. The van der Waals surface area contributed by atoms with Crippen molar-refractivity contribution >= 4 is 27.7 Å². The number of ether oxygens (including phenoxy) is 1. The van der Waals surface area contributed by atoms with Gasteiger partial charge in [-0.05, 0) is 49.8 Å². The highest BCUT2D eigenvalue weighted by Gasteiger charge is 2.46. The molecule has 1 aliphatic rings. The molecule has 1 aromatic rings. The smallest absolute Gasteiger partial charge is 0.341 e. The van der Waals surface area contributed by atoms with Gasteiger partial charge < -0.3 is 9.84 Å². The molecule has 0 saturated heterocycles. The van der Waals surface area contributed by atoms with Crippen molar-refractivity contribution in [3.63, 3.8) is 0 Å². The molecule has 26 heavy (non-hydrogen) atoms. The van der Waals surface area contributed by atoms with Crippen molar-refractivity contribution in [1.82, 2.24) is 0 Å². The van der Waals surface area contributed by atoms with Crippen LogP contribution in [0, 0.1) is 5.41 Å². The Labute approximate surface area is 158 Å². The van der Waals surface area contributed by atoms with E-state index in [2.05, 4.69) is 15.9 Å². The molecule has 0 amide bonds. The molecular weight excluding hydrogens is 410 g/mol. The monoisotopic (exact) mass is 426 g/mol. The number of hydrogen-bond acceptors (Lipinski definition) is 3. The van der Waals surface area contributed by atoms with Crippen LogP contribution in [0.2, 0.25) is 0 Å². The lowest BCUT2D eigenvalue weighted by Gasteiger charge is -2.38. The molecule has 2 unspecified atom stereocenters. The maximum atomic E-state index is 14.6. The highest BCUT2D eigenvalue weighted by atomic mass is 79.9. The fraction of sp³-hybridized carbons (Fsp3) is 0.263. The highest BCUT2D eigenvalue weighted by Crippen LogP contribution is 2.46. The van der Waals surface area contributed by atoms with Crippen LogP contribution in [0.3, 0.4) is 0 Å². The number of hydrogen-bond donors (Lipinski definition) is 1. The maximum Gasteiger partial charge on any atom is 0.341 e. The van der Waals surface area contributed by atoms with Gasteiger partial charge in [-0.3, -0.25) is 4.79 Å². The number of benzene rings is 1. The number of carbonyl (C=O) groups excluding carboxylic acids is 1. The molecule has 0 saturated carbocycles. The van der Waals surface area contributed by atoms with Crippen LogP contribution in [-0.4, -0.2) is 30.1 Å². The predicted molar refractivity (Wildman–Crippen MR) is 96.1 cm³/mol. The largest absolute Gasteiger partial charge is 0.477 e. The Morgan fingerprint density at radius 2 is 1.85 bits per heavy atom. The number of methoxy groups -OCH3 is 1. The zero-order valence-electron chi connectivity index (χ0n) is 14.3. The molecule has 0 aliphatic heterocycles. The molecule has 2 rings (SSSR count). The number of carboxylic acids is 1. The van der Waals surface area contributed by atoms with Crippen molar-refractivity contribution in [3.05, 3.63) is 69.3 Å².